The summed E-state index contributed by atoms with van der Waals surface area (Å²) in [6.07, 6.45) is 1.88. The Morgan fingerprint density at radius 3 is 2.69 bits per heavy atom. The minimum atomic E-state index is -0.739. The van der Waals surface area contributed by atoms with Gasteiger partial charge < -0.3 is 30.1 Å². The van der Waals surface area contributed by atoms with Crippen LogP contribution in [0.4, 0.5) is 0 Å². The van der Waals surface area contributed by atoms with Gasteiger partial charge >= 0.3 is 0 Å². The van der Waals surface area contributed by atoms with Crippen molar-refractivity contribution in [2.75, 3.05) is 26.4 Å². The van der Waals surface area contributed by atoms with E-state index >= 15 is 0 Å². The number of morpholine rings is 1. The Morgan fingerprint density at radius 1 is 1.17 bits per heavy atom. The molecule has 2 unspecified atom stereocenters. The van der Waals surface area contributed by atoms with Crippen LogP contribution >= 0.6 is 0 Å². The third-order valence-electron chi connectivity index (χ3n) is 7.54. The van der Waals surface area contributed by atoms with Gasteiger partial charge in [-0.2, -0.15) is 0 Å². The fourth-order valence-corrected chi connectivity index (χ4v) is 5.60. The van der Waals surface area contributed by atoms with Crippen LogP contribution in [0.2, 0.25) is 0 Å². The molecule has 0 aliphatic carbocycles. The van der Waals surface area contributed by atoms with Crippen molar-refractivity contribution in [1.29, 1.82) is 0 Å². The van der Waals surface area contributed by atoms with Gasteiger partial charge in [0, 0.05) is 24.7 Å². The van der Waals surface area contributed by atoms with E-state index in [4.69, 9.17) is 9.47 Å². The van der Waals surface area contributed by atoms with Crippen LogP contribution in [-0.2, 0) is 17.7 Å². The van der Waals surface area contributed by atoms with Gasteiger partial charge in [-0.15, -0.1) is 0 Å². The van der Waals surface area contributed by atoms with Crippen molar-refractivity contribution < 1.29 is 24.2 Å². The van der Waals surface area contributed by atoms with Gasteiger partial charge in [0.05, 0.1) is 43.6 Å². The quantitative estimate of drug-likeness (QED) is 0.547. The van der Waals surface area contributed by atoms with Crippen molar-refractivity contribution >= 4 is 11.8 Å². The normalized spacial score (nSPS) is 23.6. The summed E-state index contributed by atoms with van der Waals surface area (Å²) in [5.74, 6) is -0.0150. The predicted molar refractivity (Wildman–Crippen MR) is 135 cm³/mol. The van der Waals surface area contributed by atoms with Crippen molar-refractivity contribution in [2.24, 2.45) is 0 Å². The molecule has 3 aliphatic heterocycles. The number of carbonyl (C=O) groups is 2. The topological polar surface area (TPSA) is 100 Å². The summed E-state index contributed by atoms with van der Waals surface area (Å²) in [5, 5.41) is 17.0. The number of nitrogens with one attached hydrogen (secondary N) is 2. The van der Waals surface area contributed by atoms with E-state index in [0.29, 0.717) is 49.7 Å². The van der Waals surface area contributed by atoms with Crippen LogP contribution in [0.25, 0.3) is 0 Å². The van der Waals surface area contributed by atoms with E-state index in [1.807, 2.05) is 11.8 Å². The molecule has 2 aromatic rings. The summed E-state index contributed by atoms with van der Waals surface area (Å²) < 4.78 is 11.3. The number of hydrogen-bond acceptors (Lipinski definition) is 6. The first kappa shape index (κ1) is 24.7. The molecular formula is C28H35N3O5. The lowest BCUT2D eigenvalue weighted by Gasteiger charge is -2.34. The number of carbonyl (C=O) groups excluding carboxylic acids is 2. The van der Waals surface area contributed by atoms with Gasteiger partial charge in [-0.25, -0.2) is 0 Å². The molecule has 36 heavy (non-hydrogen) atoms. The van der Waals surface area contributed by atoms with E-state index in [-0.39, 0.29) is 36.5 Å². The van der Waals surface area contributed by atoms with E-state index < -0.39 is 6.10 Å². The molecule has 4 atom stereocenters. The lowest BCUT2D eigenvalue weighted by atomic mass is 9.92. The zero-order chi connectivity index (χ0) is 25.2. The third kappa shape index (κ3) is 4.98. The summed E-state index contributed by atoms with van der Waals surface area (Å²) in [6.45, 7) is 6.24. The smallest absolute Gasteiger partial charge is 0.255 e. The molecule has 3 aliphatic rings. The maximum atomic E-state index is 13.3. The van der Waals surface area contributed by atoms with Crippen molar-refractivity contribution in [3.63, 3.8) is 0 Å². The van der Waals surface area contributed by atoms with Crippen molar-refractivity contribution in [3.8, 4) is 5.75 Å². The first-order chi connectivity index (χ1) is 17.4. The van der Waals surface area contributed by atoms with Gasteiger partial charge in [-0.05, 0) is 62.4 Å². The molecular weight excluding hydrogens is 458 g/mol. The maximum absolute atomic E-state index is 13.3. The van der Waals surface area contributed by atoms with E-state index in [2.05, 4.69) is 35.8 Å². The molecule has 3 N–H and O–H groups in total. The number of aliphatic hydroxyl groups excluding tert-OH is 1. The van der Waals surface area contributed by atoms with Crippen LogP contribution in [0.1, 0.15) is 57.2 Å². The van der Waals surface area contributed by atoms with Gasteiger partial charge in [-0.3, -0.25) is 9.59 Å². The summed E-state index contributed by atoms with van der Waals surface area (Å²) in [4.78, 5) is 28.2. The highest BCUT2D eigenvalue weighted by Gasteiger charge is 2.40. The Kier molecular flexibility index (Phi) is 7.27. The van der Waals surface area contributed by atoms with Gasteiger partial charge in [-0.1, -0.05) is 23.8 Å². The summed E-state index contributed by atoms with van der Waals surface area (Å²) in [6, 6.07) is 11.4. The van der Waals surface area contributed by atoms with E-state index in [1.54, 1.807) is 18.2 Å². The average Bonchev–Trinajstić information content (AvgIpc) is 3.14. The molecule has 2 saturated heterocycles. The fraction of sp³-hybridized carbons (Fsp3) is 0.500. The number of ether oxygens (including phenoxy) is 2. The minimum Gasteiger partial charge on any atom is -0.493 e. The molecule has 2 amide bonds. The van der Waals surface area contributed by atoms with E-state index in [1.165, 1.54) is 16.7 Å². The highest BCUT2D eigenvalue weighted by molar-refractivity contribution is 6.00. The zero-order valence-electron chi connectivity index (χ0n) is 21.0. The standard InChI is InChI=1S/C28H35N3O5/c1-3-36-26-12-19(28(34)31-21-7-8-22(31)16-35-15-21)6-9-23(26)27(33)30-14-25(32)24-11-18-5-4-17(2)10-20(18)13-29-24/h4-6,9-10,12,21-22,24-25,29,32H,3,7-8,11,13-16H2,1-2H3,(H,30,33)/t21?,22?,24-,25+/m0/s1. The third-order valence-corrected chi connectivity index (χ3v) is 7.54. The van der Waals surface area contributed by atoms with Crippen molar-refractivity contribution in [2.45, 2.75) is 63.9 Å². The molecule has 2 bridgehead atoms. The highest BCUT2D eigenvalue weighted by Crippen LogP contribution is 2.31. The van der Waals surface area contributed by atoms with Gasteiger partial charge in [0.15, 0.2) is 0 Å². The Bertz CT molecular complexity index is 1120. The number of benzene rings is 2. The number of rotatable bonds is 7. The Balaban J connectivity index is 1.23. The Morgan fingerprint density at radius 2 is 1.94 bits per heavy atom. The second kappa shape index (κ2) is 10.6. The summed E-state index contributed by atoms with van der Waals surface area (Å²) >= 11 is 0. The maximum Gasteiger partial charge on any atom is 0.255 e. The van der Waals surface area contributed by atoms with Crippen LogP contribution in [0.5, 0.6) is 5.75 Å². The van der Waals surface area contributed by atoms with Crippen molar-refractivity contribution in [1.82, 2.24) is 15.5 Å². The van der Waals surface area contributed by atoms with E-state index in [9.17, 15) is 14.7 Å². The van der Waals surface area contributed by atoms with Gasteiger partial charge in [0.25, 0.3) is 11.8 Å². The number of fused-ring (bicyclic) bond motifs is 3. The summed E-state index contributed by atoms with van der Waals surface area (Å²) in [7, 11) is 0. The molecule has 0 spiro atoms. The number of amides is 2. The van der Waals surface area contributed by atoms with Crippen molar-refractivity contribution in [3.05, 3.63) is 64.2 Å². The molecule has 5 rings (SSSR count). The first-order valence-corrected chi connectivity index (χ1v) is 12.9. The Hall–Kier alpha value is -2.94. The SMILES string of the molecule is CCOc1cc(C(=O)N2C3CCC2COC3)ccc1C(=O)NC[C@@H](O)[C@@H]1Cc2ccc(C)cc2CN1. The predicted octanol–water partition coefficient (Wildman–Crippen LogP) is 2.20. The average molecular weight is 494 g/mol. The molecule has 8 nitrogen and oxygen atoms in total. The number of aryl methyl sites for hydroxylation is 1. The van der Waals surface area contributed by atoms with Gasteiger partial charge in [0.1, 0.15) is 5.75 Å². The molecule has 2 fully saturated rings. The van der Waals surface area contributed by atoms with Crippen LogP contribution in [0.15, 0.2) is 36.4 Å². The van der Waals surface area contributed by atoms with E-state index in [0.717, 1.165) is 12.8 Å². The number of nitrogens with zero attached hydrogens (tertiary/aromatic N) is 1. The second-order valence-electron chi connectivity index (χ2n) is 10.0. The largest absolute Gasteiger partial charge is 0.493 e. The van der Waals surface area contributed by atoms with Crippen LogP contribution < -0.4 is 15.4 Å². The number of hydrogen-bond donors (Lipinski definition) is 3. The first-order valence-electron chi connectivity index (χ1n) is 12.9. The lowest BCUT2D eigenvalue weighted by Crippen LogP contribution is -2.49. The fourth-order valence-electron chi connectivity index (χ4n) is 5.60. The van der Waals surface area contributed by atoms with Crippen LogP contribution in [-0.4, -0.2) is 72.4 Å². The van der Waals surface area contributed by atoms with Crippen LogP contribution in [0.3, 0.4) is 0 Å². The molecule has 0 aromatic heterocycles. The minimum absolute atomic E-state index is 0.0482. The lowest BCUT2D eigenvalue weighted by molar-refractivity contribution is -0.00717. The molecule has 2 aromatic carbocycles. The molecule has 0 saturated carbocycles. The molecule has 192 valence electrons. The highest BCUT2D eigenvalue weighted by atomic mass is 16.5. The number of aliphatic hydroxyl groups is 1. The Labute approximate surface area is 212 Å². The van der Waals surface area contributed by atoms with Gasteiger partial charge in [0.2, 0.25) is 0 Å². The second-order valence-corrected chi connectivity index (χ2v) is 10.0. The monoisotopic (exact) mass is 493 g/mol. The zero-order valence-corrected chi connectivity index (χ0v) is 21.0. The molecule has 8 heteroatoms. The van der Waals surface area contributed by atoms with Crippen LogP contribution in [0, 0.1) is 6.92 Å². The molecule has 0 radical (unpaired) electrons. The molecule has 3 heterocycles. The summed E-state index contributed by atoms with van der Waals surface area (Å²) in [5.41, 5.74) is 4.56.